The molecule has 2 aromatic heterocycles. The van der Waals surface area contributed by atoms with Crippen molar-refractivity contribution in [3.8, 4) is 0 Å². The second-order valence-electron chi connectivity index (χ2n) is 6.00. The lowest BCUT2D eigenvalue weighted by atomic mass is 10.2. The summed E-state index contributed by atoms with van der Waals surface area (Å²) in [5.41, 5.74) is 1.82. The lowest BCUT2D eigenvalue weighted by molar-refractivity contribution is -0.384. The summed E-state index contributed by atoms with van der Waals surface area (Å²) in [6, 6.07) is 3.95. The molecular weight excluding hydrogens is 358 g/mol. The van der Waals surface area contributed by atoms with E-state index in [9.17, 15) is 19.7 Å². The van der Waals surface area contributed by atoms with E-state index in [2.05, 4.69) is 5.16 Å². The number of ether oxygens (including phenoxy) is 1. The molecule has 0 spiro atoms. The molecule has 0 saturated heterocycles. The maximum absolute atomic E-state index is 11.9. The van der Waals surface area contributed by atoms with Gasteiger partial charge in [0.15, 0.2) is 5.58 Å². The van der Waals surface area contributed by atoms with Crippen LogP contribution in [-0.4, -0.2) is 20.6 Å². The Balaban J connectivity index is 1.58. The van der Waals surface area contributed by atoms with Gasteiger partial charge < -0.3 is 13.7 Å². The SMILES string of the molecule is Cc1noc(C)c1COC(=O)CCCn1c(=O)oc2cc([N+](=O)[O-])ccc21. The van der Waals surface area contributed by atoms with E-state index in [0.29, 0.717) is 23.4 Å². The standard InChI is InChI=1S/C17H17N3O7/c1-10-13(11(2)27-18-10)9-25-16(21)4-3-7-19-14-6-5-12(20(23)24)8-15(14)26-17(19)22/h5-6,8H,3-4,7,9H2,1-2H3. The monoisotopic (exact) mass is 375 g/mol. The van der Waals surface area contributed by atoms with Crippen LogP contribution in [0.1, 0.15) is 29.9 Å². The zero-order chi connectivity index (χ0) is 19.6. The van der Waals surface area contributed by atoms with Crippen LogP contribution >= 0.6 is 0 Å². The highest BCUT2D eigenvalue weighted by Gasteiger charge is 2.15. The maximum atomic E-state index is 11.9. The largest absolute Gasteiger partial charge is 0.461 e. The van der Waals surface area contributed by atoms with Gasteiger partial charge in [-0.25, -0.2) is 4.79 Å². The lowest BCUT2D eigenvalue weighted by Crippen LogP contribution is -2.15. The quantitative estimate of drug-likeness (QED) is 0.350. The minimum Gasteiger partial charge on any atom is -0.461 e. The number of carbonyl (C=O) groups is 1. The second-order valence-corrected chi connectivity index (χ2v) is 6.00. The number of nitrogens with zero attached hydrogens (tertiary/aromatic N) is 3. The van der Waals surface area contributed by atoms with E-state index in [1.807, 2.05) is 0 Å². The molecule has 10 heteroatoms. The van der Waals surface area contributed by atoms with Crippen molar-refractivity contribution in [1.29, 1.82) is 0 Å². The summed E-state index contributed by atoms with van der Waals surface area (Å²) in [6.07, 6.45) is 0.460. The topological polar surface area (TPSA) is 131 Å². The minimum atomic E-state index is -0.630. The molecule has 0 bridgehead atoms. The molecule has 27 heavy (non-hydrogen) atoms. The van der Waals surface area contributed by atoms with Gasteiger partial charge in [-0.05, 0) is 26.3 Å². The number of aromatic nitrogens is 2. The molecule has 0 amide bonds. The van der Waals surface area contributed by atoms with Gasteiger partial charge >= 0.3 is 11.7 Å². The fourth-order valence-electron chi connectivity index (χ4n) is 2.69. The van der Waals surface area contributed by atoms with Gasteiger partial charge in [0, 0.05) is 19.0 Å². The first kappa shape index (κ1) is 18.4. The third-order valence-electron chi connectivity index (χ3n) is 4.18. The molecule has 0 saturated carbocycles. The molecular formula is C17H17N3O7. The zero-order valence-electron chi connectivity index (χ0n) is 14.8. The summed E-state index contributed by atoms with van der Waals surface area (Å²) in [5, 5.41) is 14.6. The van der Waals surface area contributed by atoms with E-state index in [4.69, 9.17) is 13.7 Å². The van der Waals surface area contributed by atoms with E-state index in [1.165, 1.54) is 22.8 Å². The summed E-state index contributed by atoms with van der Waals surface area (Å²) in [7, 11) is 0. The van der Waals surface area contributed by atoms with Gasteiger partial charge in [0.25, 0.3) is 5.69 Å². The number of rotatable bonds is 7. The van der Waals surface area contributed by atoms with Crippen molar-refractivity contribution in [1.82, 2.24) is 9.72 Å². The Labute approximate surface area is 152 Å². The average Bonchev–Trinajstić information content (AvgIpc) is 3.11. The summed E-state index contributed by atoms with van der Waals surface area (Å²) in [5.74, 6) is -0.438. The van der Waals surface area contributed by atoms with E-state index in [0.717, 1.165) is 5.56 Å². The Morgan fingerprint density at radius 3 is 2.81 bits per heavy atom. The summed E-state index contributed by atoms with van der Waals surface area (Å²) < 4.78 is 16.6. The predicted octanol–water partition coefficient (Wildman–Crippen LogP) is 2.63. The molecule has 1 aromatic carbocycles. The number of nitro groups is 1. The number of hydrogen-bond acceptors (Lipinski definition) is 8. The second kappa shape index (κ2) is 7.44. The molecule has 0 radical (unpaired) electrons. The number of esters is 1. The van der Waals surface area contributed by atoms with Crippen LogP contribution in [0.25, 0.3) is 11.1 Å². The third kappa shape index (κ3) is 3.89. The molecule has 3 rings (SSSR count). The normalized spacial score (nSPS) is 11.0. The van der Waals surface area contributed by atoms with Gasteiger partial charge in [0.05, 0.1) is 27.8 Å². The number of carbonyl (C=O) groups excluding carboxylic acids is 1. The predicted molar refractivity (Wildman–Crippen MR) is 92.1 cm³/mol. The highest BCUT2D eigenvalue weighted by atomic mass is 16.6. The van der Waals surface area contributed by atoms with Crippen LogP contribution < -0.4 is 5.76 Å². The summed E-state index contributed by atoms with van der Waals surface area (Å²) in [6.45, 7) is 3.81. The van der Waals surface area contributed by atoms with Crippen LogP contribution in [0, 0.1) is 24.0 Å². The maximum Gasteiger partial charge on any atom is 0.419 e. The Kier molecular flexibility index (Phi) is 5.06. The Hall–Kier alpha value is -3.43. The minimum absolute atomic E-state index is 0.0816. The average molecular weight is 375 g/mol. The van der Waals surface area contributed by atoms with Crippen molar-refractivity contribution in [3.05, 3.63) is 55.9 Å². The van der Waals surface area contributed by atoms with Crippen molar-refractivity contribution >= 4 is 22.8 Å². The Bertz CT molecular complexity index is 1040. The van der Waals surface area contributed by atoms with Gasteiger partial charge in [0.1, 0.15) is 12.4 Å². The van der Waals surface area contributed by atoms with Crippen molar-refractivity contribution in [2.75, 3.05) is 0 Å². The van der Waals surface area contributed by atoms with Crippen molar-refractivity contribution < 1.29 is 23.4 Å². The van der Waals surface area contributed by atoms with Crippen LogP contribution in [0.3, 0.4) is 0 Å². The van der Waals surface area contributed by atoms with Gasteiger partial charge in [-0.3, -0.25) is 19.5 Å². The number of nitro benzene ring substituents is 1. The number of fused-ring (bicyclic) bond motifs is 1. The van der Waals surface area contributed by atoms with Gasteiger partial charge in [-0.15, -0.1) is 0 Å². The number of hydrogen-bond donors (Lipinski definition) is 0. The first-order valence-corrected chi connectivity index (χ1v) is 8.22. The van der Waals surface area contributed by atoms with E-state index in [-0.39, 0.29) is 30.8 Å². The van der Waals surface area contributed by atoms with E-state index in [1.54, 1.807) is 13.8 Å². The lowest BCUT2D eigenvalue weighted by Gasteiger charge is -2.05. The first-order valence-electron chi connectivity index (χ1n) is 8.22. The van der Waals surface area contributed by atoms with Crippen molar-refractivity contribution in [2.24, 2.45) is 0 Å². The van der Waals surface area contributed by atoms with Crippen LogP contribution in [0.2, 0.25) is 0 Å². The van der Waals surface area contributed by atoms with Crippen LogP contribution in [0.4, 0.5) is 5.69 Å². The summed E-state index contributed by atoms with van der Waals surface area (Å²) in [4.78, 5) is 34.1. The smallest absolute Gasteiger partial charge is 0.419 e. The number of aryl methyl sites for hydroxylation is 3. The summed E-state index contributed by atoms with van der Waals surface area (Å²) >= 11 is 0. The first-order chi connectivity index (χ1) is 12.9. The molecule has 2 heterocycles. The fourth-order valence-corrected chi connectivity index (χ4v) is 2.69. The van der Waals surface area contributed by atoms with Gasteiger partial charge in [0.2, 0.25) is 0 Å². The number of benzene rings is 1. The van der Waals surface area contributed by atoms with Crippen molar-refractivity contribution in [3.63, 3.8) is 0 Å². The molecule has 0 aliphatic heterocycles. The van der Waals surface area contributed by atoms with Crippen LogP contribution in [0.5, 0.6) is 0 Å². The van der Waals surface area contributed by atoms with E-state index < -0.39 is 16.6 Å². The number of non-ortho nitro benzene ring substituents is 1. The van der Waals surface area contributed by atoms with Gasteiger partial charge in [-0.1, -0.05) is 5.16 Å². The molecule has 142 valence electrons. The zero-order valence-corrected chi connectivity index (χ0v) is 14.8. The molecule has 0 fully saturated rings. The third-order valence-corrected chi connectivity index (χ3v) is 4.18. The molecule has 0 aliphatic rings. The molecule has 3 aromatic rings. The Morgan fingerprint density at radius 2 is 2.15 bits per heavy atom. The molecule has 0 unspecified atom stereocenters. The Morgan fingerprint density at radius 1 is 1.37 bits per heavy atom. The van der Waals surface area contributed by atoms with Crippen molar-refractivity contribution in [2.45, 2.75) is 39.8 Å². The molecule has 0 N–H and O–H groups in total. The highest BCUT2D eigenvalue weighted by molar-refractivity contribution is 5.75. The van der Waals surface area contributed by atoms with Crippen LogP contribution in [0.15, 0.2) is 31.9 Å². The number of oxazole rings is 1. The highest BCUT2D eigenvalue weighted by Crippen LogP contribution is 2.20. The fraction of sp³-hybridized carbons (Fsp3) is 0.353. The molecule has 0 aliphatic carbocycles. The van der Waals surface area contributed by atoms with E-state index >= 15 is 0 Å². The van der Waals surface area contributed by atoms with Crippen LogP contribution in [-0.2, 0) is 22.7 Å². The molecule has 0 atom stereocenters. The molecule has 10 nitrogen and oxygen atoms in total. The van der Waals surface area contributed by atoms with Gasteiger partial charge in [-0.2, -0.15) is 0 Å².